The Morgan fingerprint density at radius 1 is 1.21 bits per heavy atom. The maximum Gasteiger partial charge on any atom is 0.172 e. The maximum atomic E-state index is 6.64. The third-order valence-electron chi connectivity index (χ3n) is 5.89. The van der Waals surface area contributed by atoms with E-state index in [4.69, 9.17) is 16.6 Å². The van der Waals surface area contributed by atoms with Gasteiger partial charge < -0.3 is 16.8 Å². The molecule has 5 N–H and O–H groups in total. The van der Waals surface area contributed by atoms with Gasteiger partial charge in [-0.1, -0.05) is 33.8 Å². The SMILES string of the molecule is CC(C)C(N)(CCNc1nn2c3c(ccc2c1N)CCC3)C(C)C. The smallest absolute Gasteiger partial charge is 0.172 e. The predicted molar refractivity (Wildman–Crippen MR) is 101 cm³/mol. The van der Waals surface area contributed by atoms with Gasteiger partial charge in [0.15, 0.2) is 5.82 Å². The lowest BCUT2D eigenvalue weighted by molar-refractivity contribution is 0.213. The summed E-state index contributed by atoms with van der Waals surface area (Å²) in [6, 6.07) is 4.29. The molecule has 3 rings (SSSR count). The largest absolute Gasteiger partial charge is 0.394 e. The number of rotatable bonds is 6. The third-order valence-corrected chi connectivity index (χ3v) is 5.89. The fraction of sp³-hybridized carbons (Fsp3) is 0.632. The van der Waals surface area contributed by atoms with Crippen LogP contribution in [0.4, 0.5) is 11.5 Å². The van der Waals surface area contributed by atoms with Crippen molar-refractivity contribution in [3.63, 3.8) is 0 Å². The molecule has 0 unspecified atom stereocenters. The van der Waals surface area contributed by atoms with Crippen LogP contribution < -0.4 is 16.8 Å². The van der Waals surface area contributed by atoms with Crippen molar-refractivity contribution in [2.24, 2.45) is 17.6 Å². The third kappa shape index (κ3) is 2.75. The van der Waals surface area contributed by atoms with Gasteiger partial charge in [0.25, 0.3) is 0 Å². The van der Waals surface area contributed by atoms with E-state index in [1.807, 2.05) is 4.52 Å². The van der Waals surface area contributed by atoms with Crippen LogP contribution in [-0.4, -0.2) is 21.7 Å². The highest BCUT2D eigenvalue weighted by atomic mass is 15.3. The highest BCUT2D eigenvalue weighted by Gasteiger charge is 2.32. The molecule has 0 aromatic carbocycles. The molecule has 1 aliphatic rings. The summed E-state index contributed by atoms with van der Waals surface area (Å²) < 4.78 is 2.03. The number of nitrogens with zero attached hydrogens (tertiary/aromatic N) is 2. The summed E-state index contributed by atoms with van der Waals surface area (Å²) in [6.45, 7) is 9.57. The summed E-state index contributed by atoms with van der Waals surface area (Å²) in [5, 5.41) is 8.15. The van der Waals surface area contributed by atoms with Crippen molar-refractivity contribution >= 4 is 17.0 Å². The zero-order valence-corrected chi connectivity index (χ0v) is 15.4. The van der Waals surface area contributed by atoms with Gasteiger partial charge in [-0.25, -0.2) is 4.52 Å². The van der Waals surface area contributed by atoms with Crippen LogP contribution in [0.5, 0.6) is 0 Å². The lowest BCUT2D eigenvalue weighted by atomic mass is 9.75. The van der Waals surface area contributed by atoms with Gasteiger partial charge in [-0.3, -0.25) is 0 Å². The monoisotopic (exact) mass is 329 g/mol. The zero-order chi connectivity index (χ0) is 17.5. The van der Waals surface area contributed by atoms with E-state index in [0.29, 0.717) is 11.8 Å². The first-order valence-electron chi connectivity index (χ1n) is 9.16. The molecule has 0 spiro atoms. The molecule has 5 heteroatoms. The summed E-state index contributed by atoms with van der Waals surface area (Å²) in [5.74, 6) is 1.65. The second kappa shape index (κ2) is 6.28. The van der Waals surface area contributed by atoms with Crippen molar-refractivity contribution in [3.8, 4) is 0 Å². The van der Waals surface area contributed by atoms with Crippen molar-refractivity contribution in [1.29, 1.82) is 0 Å². The fourth-order valence-electron chi connectivity index (χ4n) is 3.93. The molecule has 0 saturated heterocycles. The van der Waals surface area contributed by atoms with E-state index in [1.165, 1.54) is 17.7 Å². The van der Waals surface area contributed by atoms with Gasteiger partial charge >= 0.3 is 0 Å². The second-order valence-corrected chi connectivity index (χ2v) is 7.82. The van der Waals surface area contributed by atoms with Gasteiger partial charge in [-0.15, -0.1) is 5.10 Å². The second-order valence-electron chi connectivity index (χ2n) is 7.82. The summed E-state index contributed by atoms with van der Waals surface area (Å²) >= 11 is 0. The first-order valence-corrected chi connectivity index (χ1v) is 9.16. The van der Waals surface area contributed by atoms with E-state index in [-0.39, 0.29) is 5.54 Å². The quantitative estimate of drug-likeness (QED) is 0.760. The van der Waals surface area contributed by atoms with E-state index < -0.39 is 0 Å². The van der Waals surface area contributed by atoms with Crippen LogP contribution >= 0.6 is 0 Å². The molecule has 132 valence electrons. The molecule has 0 atom stereocenters. The van der Waals surface area contributed by atoms with Crippen molar-refractivity contribution in [2.75, 3.05) is 17.6 Å². The van der Waals surface area contributed by atoms with Gasteiger partial charge in [0.2, 0.25) is 0 Å². The van der Waals surface area contributed by atoms with Crippen molar-refractivity contribution in [2.45, 2.75) is 58.9 Å². The first kappa shape index (κ1) is 17.1. The van der Waals surface area contributed by atoms with E-state index in [9.17, 15) is 0 Å². The van der Waals surface area contributed by atoms with Crippen LogP contribution in [0.3, 0.4) is 0 Å². The number of anilines is 2. The van der Waals surface area contributed by atoms with E-state index in [2.05, 4.69) is 45.1 Å². The van der Waals surface area contributed by atoms with E-state index in [0.717, 1.165) is 42.8 Å². The molecule has 1 aliphatic carbocycles. The summed E-state index contributed by atoms with van der Waals surface area (Å²) in [7, 11) is 0. The standard InChI is InChI=1S/C19H31N5/c1-12(2)19(21,13(3)4)10-11-22-18-17(20)16-9-8-14-6-5-7-15(14)24(16)23-18/h8-9,12-13H,5-7,10-11,20-21H2,1-4H3,(H,22,23). The maximum absolute atomic E-state index is 6.64. The Morgan fingerprint density at radius 2 is 1.92 bits per heavy atom. The molecular weight excluding hydrogens is 298 g/mol. The molecule has 0 saturated carbocycles. The number of pyridine rings is 1. The van der Waals surface area contributed by atoms with E-state index >= 15 is 0 Å². The first-order chi connectivity index (χ1) is 11.3. The Kier molecular flexibility index (Phi) is 4.47. The number of aromatic nitrogens is 2. The number of aryl methyl sites for hydroxylation is 2. The number of hydrogen-bond donors (Lipinski definition) is 3. The van der Waals surface area contributed by atoms with Crippen LogP contribution in [0.2, 0.25) is 0 Å². The molecule has 2 aromatic heterocycles. The van der Waals surface area contributed by atoms with Crippen molar-refractivity contribution in [3.05, 3.63) is 23.4 Å². The average Bonchev–Trinajstić information content (AvgIpc) is 3.12. The molecule has 5 nitrogen and oxygen atoms in total. The zero-order valence-electron chi connectivity index (χ0n) is 15.4. The molecule has 0 bridgehead atoms. The van der Waals surface area contributed by atoms with Crippen LogP contribution in [0.15, 0.2) is 12.1 Å². The number of nitrogen functional groups attached to an aromatic ring is 1. The van der Waals surface area contributed by atoms with Crippen molar-refractivity contribution in [1.82, 2.24) is 9.61 Å². The Morgan fingerprint density at radius 3 is 2.58 bits per heavy atom. The minimum atomic E-state index is -0.178. The van der Waals surface area contributed by atoms with E-state index in [1.54, 1.807) is 0 Å². The lowest BCUT2D eigenvalue weighted by Gasteiger charge is -2.38. The highest BCUT2D eigenvalue weighted by molar-refractivity contribution is 5.81. The molecule has 2 aromatic rings. The van der Waals surface area contributed by atoms with Gasteiger partial charge in [-0.05, 0) is 49.1 Å². The molecule has 24 heavy (non-hydrogen) atoms. The van der Waals surface area contributed by atoms with Crippen LogP contribution in [0, 0.1) is 11.8 Å². The number of hydrogen-bond acceptors (Lipinski definition) is 4. The van der Waals surface area contributed by atoms with Crippen LogP contribution in [0.25, 0.3) is 5.52 Å². The number of nitrogens with one attached hydrogen (secondary N) is 1. The van der Waals surface area contributed by atoms with Crippen LogP contribution in [-0.2, 0) is 12.8 Å². The fourth-order valence-corrected chi connectivity index (χ4v) is 3.93. The predicted octanol–water partition coefficient (Wildman–Crippen LogP) is 3.22. The minimum absolute atomic E-state index is 0.178. The number of fused-ring (bicyclic) bond motifs is 3. The summed E-state index contributed by atoms with van der Waals surface area (Å²) in [4.78, 5) is 0. The molecule has 2 heterocycles. The Hall–Kier alpha value is -1.75. The Balaban J connectivity index is 1.78. The molecule has 0 amide bonds. The van der Waals surface area contributed by atoms with Crippen LogP contribution in [0.1, 0.15) is 51.8 Å². The summed E-state index contributed by atoms with van der Waals surface area (Å²) in [5.41, 5.74) is 17.2. The highest BCUT2D eigenvalue weighted by Crippen LogP contribution is 2.31. The lowest BCUT2D eigenvalue weighted by Crippen LogP contribution is -2.51. The summed E-state index contributed by atoms with van der Waals surface area (Å²) in [6.07, 6.45) is 4.33. The van der Waals surface area contributed by atoms with Gasteiger partial charge in [0.1, 0.15) is 5.69 Å². The Labute approximate surface area is 144 Å². The topological polar surface area (TPSA) is 81.4 Å². The Bertz CT molecular complexity index is 721. The average molecular weight is 329 g/mol. The molecule has 0 radical (unpaired) electrons. The van der Waals surface area contributed by atoms with Gasteiger partial charge in [0.05, 0.1) is 5.52 Å². The van der Waals surface area contributed by atoms with Gasteiger partial charge in [-0.2, -0.15) is 0 Å². The number of nitrogens with two attached hydrogens (primary N) is 2. The van der Waals surface area contributed by atoms with Crippen molar-refractivity contribution < 1.29 is 0 Å². The van der Waals surface area contributed by atoms with Gasteiger partial charge in [0, 0.05) is 17.8 Å². The molecular formula is C19H31N5. The molecule has 0 fully saturated rings. The normalized spacial score (nSPS) is 14.8. The minimum Gasteiger partial charge on any atom is -0.394 e. The molecule has 0 aliphatic heterocycles.